The van der Waals surface area contributed by atoms with Crippen LogP contribution < -0.4 is 5.73 Å². The van der Waals surface area contributed by atoms with Crippen molar-refractivity contribution in [1.29, 1.82) is 0 Å². The second-order valence-electron chi connectivity index (χ2n) is 3.78. The van der Waals surface area contributed by atoms with Gasteiger partial charge in [-0.05, 0) is 30.7 Å². The lowest BCUT2D eigenvalue weighted by Gasteiger charge is -2.04. The quantitative estimate of drug-likeness (QED) is 0.943. The van der Waals surface area contributed by atoms with Gasteiger partial charge in [0.05, 0.1) is 12.7 Å². The van der Waals surface area contributed by atoms with Crippen molar-refractivity contribution in [3.63, 3.8) is 0 Å². The maximum Gasteiger partial charge on any atom is 0.130 e. The Kier molecular flexibility index (Phi) is 4.20. The Hall–Kier alpha value is -0.840. The first-order valence-electron chi connectivity index (χ1n) is 5.35. The van der Waals surface area contributed by atoms with Gasteiger partial charge in [-0.3, -0.25) is 0 Å². The van der Waals surface area contributed by atoms with E-state index >= 15 is 0 Å². The Morgan fingerprint density at radius 1 is 1.29 bits per heavy atom. The third kappa shape index (κ3) is 3.09. The van der Waals surface area contributed by atoms with Crippen LogP contribution in [0.25, 0.3) is 0 Å². The molecule has 5 heteroatoms. The van der Waals surface area contributed by atoms with Crippen LogP contribution in [-0.2, 0) is 13.0 Å². The Morgan fingerprint density at radius 3 is 2.65 bits per heavy atom. The number of hydrogen-bond acceptors (Lipinski definition) is 2. The van der Waals surface area contributed by atoms with Crippen LogP contribution in [0.2, 0.25) is 5.15 Å². The molecule has 0 amide bonds. The van der Waals surface area contributed by atoms with Gasteiger partial charge in [0, 0.05) is 10.0 Å². The van der Waals surface area contributed by atoms with E-state index in [1.807, 2.05) is 24.3 Å². The highest BCUT2D eigenvalue weighted by molar-refractivity contribution is 9.10. The van der Waals surface area contributed by atoms with Crippen molar-refractivity contribution in [2.75, 3.05) is 6.54 Å². The summed E-state index contributed by atoms with van der Waals surface area (Å²) in [5.41, 5.74) is 7.68. The van der Waals surface area contributed by atoms with Gasteiger partial charge < -0.3 is 5.73 Å². The summed E-state index contributed by atoms with van der Waals surface area (Å²) in [6.45, 7) is 1.26. The molecule has 2 rings (SSSR count). The first-order valence-corrected chi connectivity index (χ1v) is 6.52. The lowest BCUT2D eigenvalue weighted by atomic mass is 10.2. The van der Waals surface area contributed by atoms with Crippen LogP contribution in [0.15, 0.2) is 34.9 Å². The number of nitrogens with zero attached hydrogens (tertiary/aromatic N) is 2. The average Bonchev–Trinajstić information content (AvgIpc) is 2.65. The van der Waals surface area contributed by atoms with Crippen LogP contribution in [0, 0.1) is 0 Å². The van der Waals surface area contributed by atoms with E-state index in [1.54, 1.807) is 10.9 Å². The fourth-order valence-corrected chi connectivity index (χ4v) is 2.12. The summed E-state index contributed by atoms with van der Waals surface area (Å²) >= 11 is 9.63. The van der Waals surface area contributed by atoms with Gasteiger partial charge in [-0.2, -0.15) is 5.10 Å². The third-order valence-electron chi connectivity index (χ3n) is 2.50. The summed E-state index contributed by atoms with van der Waals surface area (Å²) in [5, 5.41) is 4.95. The Balaban J connectivity index is 2.16. The highest BCUT2D eigenvalue weighted by Crippen LogP contribution is 2.18. The molecule has 0 aliphatic heterocycles. The summed E-state index contributed by atoms with van der Waals surface area (Å²) in [5.74, 6) is 0. The van der Waals surface area contributed by atoms with Crippen LogP contribution >= 0.6 is 27.5 Å². The lowest BCUT2D eigenvalue weighted by molar-refractivity contribution is 0.687. The lowest BCUT2D eigenvalue weighted by Crippen LogP contribution is -2.04. The SMILES string of the molecule is NCCc1cnn(Cc2ccc(Br)cc2)c1Cl. The summed E-state index contributed by atoms with van der Waals surface area (Å²) in [6, 6.07) is 8.11. The molecule has 1 aromatic carbocycles. The van der Waals surface area contributed by atoms with Gasteiger partial charge in [-0.15, -0.1) is 0 Å². The van der Waals surface area contributed by atoms with Gasteiger partial charge in [-0.1, -0.05) is 39.7 Å². The monoisotopic (exact) mass is 313 g/mol. The van der Waals surface area contributed by atoms with Gasteiger partial charge >= 0.3 is 0 Å². The molecular weight excluding hydrogens is 302 g/mol. The molecule has 1 aromatic heterocycles. The fourth-order valence-electron chi connectivity index (χ4n) is 1.61. The van der Waals surface area contributed by atoms with Crippen molar-refractivity contribution < 1.29 is 0 Å². The predicted molar refractivity (Wildman–Crippen MR) is 73.2 cm³/mol. The second-order valence-corrected chi connectivity index (χ2v) is 5.06. The van der Waals surface area contributed by atoms with Crippen molar-refractivity contribution in [2.24, 2.45) is 5.73 Å². The Morgan fingerprint density at radius 2 is 2.00 bits per heavy atom. The van der Waals surface area contributed by atoms with E-state index < -0.39 is 0 Å². The molecule has 0 bridgehead atoms. The van der Waals surface area contributed by atoms with E-state index in [-0.39, 0.29) is 0 Å². The number of aromatic nitrogens is 2. The molecule has 90 valence electrons. The van der Waals surface area contributed by atoms with Gasteiger partial charge in [0.25, 0.3) is 0 Å². The molecule has 0 aliphatic rings. The standard InChI is InChI=1S/C12H13BrClN3/c13-11-3-1-9(2-4-11)8-17-12(14)10(5-6-15)7-16-17/h1-4,7H,5-6,8,15H2. The molecule has 0 unspecified atom stereocenters. The minimum absolute atomic E-state index is 0.587. The van der Waals surface area contributed by atoms with Gasteiger partial charge in [-0.25, -0.2) is 4.68 Å². The number of halogens is 2. The van der Waals surface area contributed by atoms with Crippen LogP contribution in [0.4, 0.5) is 0 Å². The van der Waals surface area contributed by atoms with E-state index in [0.29, 0.717) is 18.2 Å². The fraction of sp³-hybridized carbons (Fsp3) is 0.250. The van der Waals surface area contributed by atoms with Crippen LogP contribution in [0.1, 0.15) is 11.1 Å². The van der Waals surface area contributed by atoms with E-state index in [2.05, 4.69) is 21.0 Å². The van der Waals surface area contributed by atoms with Crippen molar-refractivity contribution in [3.8, 4) is 0 Å². The van der Waals surface area contributed by atoms with Gasteiger partial charge in [0.2, 0.25) is 0 Å². The molecule has 1 heterocycles. The first-order chi connectivity index (χ1) is 8.20. The van der Waals surface area contributed by atoms with Crippen molar-refractivity contribution >= 4 is 27.5 Å². The number of rotatable bonds is 4. The molecule has 0 saturated carbocycles. The highest BCUT2D eigenvalue weighted by atomic mass is 79.9. The van der Waals surface area contributed by atoms with Crippen molar-refractivity contribution in [2.45, 2.75) is 13.0 Å². The normalized spacial score (nSPS) is 10.8. The summed E-state index contributed by atoms with van der Waals surface area (Å²) in [7, 11) is 0. The third-order valence-corrected chi connectivity index (χ3v) is 3.47. The molecule has 2 aromatic rings. The molecular formula is C12H13BrClN3. The predicted octanol–water partition coefficient (Wildman–Crippen LogP) is 2.85. The van der Waals surface area contributed by atoms with Gasteiger partial charge in [0.1, 0.15) is 5.15 Å². The average molecular weight is 315 g/mol. The molecule has 2 N–H and O–H groups in total. The topological polar surface area (TPSA) is 43.8 Å². The van der Waals surface area contributed by atoms with E-state index in [9.17, 15) is 0 Å². The zero-order valence-corrected chi connectivity index (χ0v) is 11.6. The number of benzene rings is 1. The highest BCUT2D eigenvalue weighted by Gasteiger charge is 2.07. The molecule has 0 aliphatic carbocycles. The van der Waals surface area contributed by atoms with Crippen LogP contribution in [0.5, 0.6) is 0 Å². The number of hydrogen-bond donors (Lipinski definition) is 1. The molecule has 0 atom stereocenters. The van der Waals surface area contributed by atoms with Crippen LogP contribution in [-0.4, -0.2) is 16.3 Å². The largest absolute Gasteiger partial charge is 0.330 e. The van der Waals surface area contributed by atoms with Gasteiger partial charge in [0.15, 0.2) is 0 Å². The maximum absolute atomic E-state index is 6.22. The van der Waals surface area contributed by atoms with E-state index in [1.165, 1.54) is 0 Å². The van der Waals surface area contributed by atoms with E-state index in [0.717, 1.165) is 22.0 Å². The van der Waals surface area contributed by atoms with E-state index in [4.69, 9.17) is 17.3 Å². The molecule has 0 radical (unpaired) electrons. The molecule has 0 fully saturated rings. The maximum atomic E-state index is 6.22. The summed E-state index contributed by atoms with van der Waals surface area (Å²) in [4.78, 5) is 0. The number of nitrogens with two attached hydrogens (primary N) is 1. The summed E-state index contributed by atoms with van der Waals surface area (Å²) < 4.78 is 2.85. The minimum atomic E-state index is 0.587. The van der Waals surface area contributed by atoms with Crippen molar-refractivity contribution in [3.05, 3.63) is 51.2 Å². The summed E-state index contributed by atoms with van der Waals surface area (Å²) in [6.07, 6.45) is 2.55. The molecule has 17 heavy (non-hydrogen) atoms. The Bertz CT molecular complexity index is 493. The first kappa shape index (κ1) is 12.6. The molecule has 0 spiro atoms. The minimum Gasteiger partial charge on any atom is -0.330 e. The van der Waals surface area contributed by atoms with Crippen molar-refractivity contribution in [1.82, 2.24) is 9.78 Å². The molecule has 0 saturated heterocycles. The zero-order chi connectivity index (χ0) is 12.3. The Labute approximate surface area is 114 Å². The smallest absolute Gasteiger partial charge is 0.130 e. The zero-order valence-electron chi connectivity index (χ0n) is 9.24. The van der Waals surface area contributed by atoms with Crippen LogP contribution in [0.3, 0.4) is 0 Å². The second kappa shape index (κ2) is 5.67. The molecule has 3 nitrogen and oxygen atoms in total.